The minimum absolute atomic E-state index is 0.141. The number of nitrogens with two attached hydrogens (primary N) is 1. The molecule has 2 N–H and O–H groups in total. The van der Waals surface area contributed by atoms with Gasteiger partial charge in [-0.25, -0.2) is 4.98 Å². The van der Waals surface area contributed by atoms with Gasteiger partial charge in [0.25, 0.3) is 0 Å². The number of thioether (sulfide) groups is 1. The number of hydrogen-bond acceptors (Lipinski definition) is 5. The third-order valence-electron chi connectivity index (χ3n) is 1.56. The van der Waals surface area contributed by atoms with Crippen LogP contribution in [0.3, 0.4) is 0 Å². The fourth-order valence-electron chi connectivity index (χ4n) is 0.894. The lowest BCUT2D eigenvalue weighted by atomic mass is 10.5. The van der Waals surface area contributed by atoms with Crippen LogP contribution >= 0.6 is 35.0 Å². The zero-order valence-electron chi connectivity index (χ0n) is 8.50. The van der Waals surface area contributed by atoms with Crippen molar-refractivity contribution in [2.75, 3.05) is 18.1 Å². The zero-order chi connectivity index (χ0) is 12.1. The van der Waals surface area contributed by atoms with E-state index >= 15 is 0 Å². The topological polar surface area (TPSA) is 65.2 Å². The lowest BCUT2D eigenvalue weighted by Crippen LogP contribution is -2.07. The average molecular weight is 281 g/mol. The summed E-state index contributed by atoms with van der Waals surface area (Å²) in [5.74, 6) is 0.0121. The molecule has 0 aromatic carbocycles. The highest BCUT2D eigenvalue weighted by molar-refractivity contribution is 8.00. The van der Waals surface area contributed by atoms with Crippen LogP contribution in [0, 0.1) is 0 Å². The van der Waals surface area contributed by atoms with Crippen LogP contribution in [-0.2, 0) is 9.53 Å². The second-order valence-electron chi connectivity index (χ2n) is 2.74. The van der Waals surface area contributed by atoms with E-state index < -0.39 is 0 Å². The van der Waals surface area contributed by atoms with E-state index in [1.54, 1.807) is 6.92 Å². The van der Waals surface area contributed by atoms with Gasteiger partial charge in [-0.3, -0.25) is 4.79 Å². The third-order valence-corrected chi connectivity index (χ3v) is 3.22. The van der Waals surface area contributed by atoms with Crippen LogP contribution in [-0.4, -0.2) is 23.3 Å². The Labute approximate surface area is 107 Å². The molecule has 1 aromatic rings. The molecular formula is C9H10Cl2N2O2S. The number of aromatic nitrogens is 1. The first-order valence-corrected chi connectivity index (χ1v) is 6.18. The van der Waals surface area contributed by atoms with Gasteiger partial charge in [0.05, 0.1) is 22.4 Å². The normalized spacial score (nSPS) is 10.2. The highest BCUT2D eigenvalue weighted by atomic mass is 35.5. The molecule has 0 aliphatic carbocycles. The Kier molecular flexibility index (Phi) is 5.18. The van der Waals surface area contributed by atoms with E-state index in [1.807, 2.05) is 0 Å². The van der Waals surface area contributed by atoms with E-state index in [1.165, 1.54) is 6.07 Å². The fourth-order valence-corrected chi connectivity index (χ4v) is 2.11. The SMILES string of the molecule is CCOC(=O)CSc1nc(N)c(Cl)cc1Cl. The zero-order valence-corrected chi connectivity index (χ0v) is 10.8. The number of pyridine rings is 1. The van der Waals surface area contributed by atoms with Crippen molar-refractivity contribution in [3.63, 3.8) is 0 Å². The summed E-state index contributed by atoms with van der Waals surface area (Å²) in [6.45, 7) is 2.09. The molecule has 0 spiro atoms. The second-order valence-corrected chi connectivity index (χ2v) is 4.51. The van der Waals surface area contributed by atoms with E-state index in [0.717, 1.165) is 11.8 Å². The highest BCUT2D eigenvalue weighted by Gasteiger charge is 2.10. The number of nitrogens with zero attached hydrogens (tertiary/aromatic N) is 1. The molecule has 0 fully saturated rings. The number of carbonyl (C=O) groups is 1. The number of ether oxygens (including phenoxy) is 1. The Morgan fingerprint density at radius 2 is 2.25 bits per heavy atom. The molecule has 1 rings (SSSR count). The molecule has 0 saturated carbocycles. The van der Waals surface area contributed by atoms with Crippen molar-refractivity contribution in [3.8, 4) is 0 Å². The van der Waals surface area contributed by atoms with Gasteiger partial charge in [-0.1, -0.05) is 35.0 Å². The van der Waals surface area contributed by atoms with Gasteiger partial charge in [0.2, 0.25) is 0 Å². The summed E-state index contributed by atoms with van der Waals surface area (Å²) in [5.41, 5.74) is 5.52. The fraction of sp³-hybridized carbons (Fsp3) is 0.333. The maximum absolute atomic E-state index is 11.1. The maximum Gasteiger partial charge on any atom is 0.316 e. The summed E-state index contributed by atoms with van der Waals surface area (Å²) in [4.78, 5) is 15.1. The van der Waals surface area contributed by atoms with E-state index in [2.05, 4.69) is 4.98 Å². The molecule has 0 radical (unpaired) electrons. The summed E-state index contributed by atoms with van der Waals surface area (Å²) >= 11 is 12.8. The van der Waals surface area contributed by atoms with Gasteiger partial charge in [-0.05, 0) is 13.0 Å². The molecule has 0 bridgehead atoms. The van der Waals surface area contributed by atoms with Gasteiger partial charge in [-0.2, -0.15) is 0 Å². The summed E-state index contributed by atoms with van der Waals surface area (Å²) in [6.07, 6.45) is 0. The van der Waals surface area contributed by atoms with Crippen LogP contribution in [0.5, 0.6) is 0 Å². The van der Waals surface area contributed by atoms with Crippen molar-refractivity contribution in [2.45, 2.75) is 11.9 Å². The summed E-state index contributed by atoms with van der Waals surface area (Å²) in [5, 5.41) is 1.13. The minimum atomic E-state index is -0.320. The number of halogens is 2. The van der Waals surface area contributed by atoms with Gasteiger partial charge in [0.15, 0.2) is 0 Å². The van der Waals surface area contributed by atoms with Crippen molar-refractivity contribution in [1.29, 1.82) is 0 Å². The van der Waals surface area contributed by atoms with Crippen molar-refractivity contribution < 1.29 is 9.53 Å². The number of anilines is 1. The number of carbonyl (C=O) groups excluding carboxylic acids is 1. The molecule has 0 aliphatic rings. The van der Waals surface area contributed by atoms with Gasteiger partial charge in [-0.15, -0.1) is 0 Å². The van der Waals surface area contributed by atoms with E-state index in [-0.39, 0.29) is 17.5 Å². The number of hydrogen-bond donors (Lipinski definition) is 1. The second kappa shape index (κ2) is 6.18. The van der Waals surface area contributed by atoms with Crippen molar-refractivity contribution >= 4 is 46.8 Å². The van der Waals surface area contributed by atoms with E-state index in [0.29, 0.717) is 21.7 Å². The Balaban J connectivity index is 2.67. The Morgan fingerprint density at radius 3 is 2.88 bits per heavy atom. The molecule has 0 amide bonds. The van der Waals surface area contributed by atoms with Crippen molar-refractivity contribution in [3.05, 3.63) is 16.1 Å². The lowest BCUT2D eigenvalue weighted by molar-refractivity contribution is -0.139. The molecule has 0 unspecified atom stereocenters. The van der Waals surface area contributed by atoms with Gasteiger partial charge < -0.3 is 10.5 Å². The third kappa shape index (κ3) is 3.73. The number of nitrogen functional groups attached to an aromatic ring is 1. The van der Waals surface area contributed by atoms with Crippen LogP contribution < -0.4 is 5.73 Å². The maximum atomic E-state index is 11.1. The standard InChI is InChI=1S/C9H10Cl2N2O2S/c1-2-15-7(14)4-16-9-6(11)3-5(10)8(12)13-9/h3H,2,4H2,1H3,(H2,12,13). The lowest BCUT2D eigenvalue weighted by Gasteiger charge is -2.05. The summed E-state index contributed by atoms with van der Waals surface area (Å²) in [7, 11) is 0. The number of esters is 1. The van der Waals surface area contributed by atoms with Crippen LogP contribution in [0.2, 0.25) is 10.0 Å². The molecule has 7 heteroatoms. The Bertz CT molecular complexity index is 401. The van der Waals surface area contributed by atoms with Crippen LogP contribution in [0.1, 0.15) is 6.92 Å². The molecule has 0 aliphatic heterocycles. The van der Waals surface area contributed by atoms with Gasteiger partial charge in [0, 0.05) is 0 Å². The Morgan fingerprint density at radius 1 is 1.56 bits per heavy atom. The highest BCUT2D eigenvalue weighted by Crippen LogP contribution is 2.30. The first-order chi connectivity index (χ1) is 7.54. The van der Waals surface area contributed by atoms with Crippen LogP contribution in [0.15, 0.2) is 11.1 Å². The van der Waals surface area contributed by atoms with Gasteiger partial charge in [0.1, 0.15) is 10.8 Å². The molecule has 0 atom stereocenters. The predicted octanol–water partition coefficient (Wildman–Crippen LogP) is 2.63. The van der Waals surface area contributed by atoms with Crippen LogP contribution in [0.4, 0.5) is 5.82 Å². The van der Waals surface area contributed by atoms with Crippen molar-refractivity contribution in [1.82, 2.24) is 4.98 Å². The molecular weight excluding hydrogens is 271 g/mol. The van der Waals surface area contributed by atoms with Crippen molar-refractivity contribution in [2.24, 2.45) is 0 Å². The predicted molar refractivity (Wildman–Crippen MR) is 66.0 cm³/mol. The summed E-state index contributed by atoms with van der Waals surface area (Å²) < 4.78 is 4.77. The molecule has 4 nitrogen and oxygen atoms in total. The molecule has 1 aromatic heterocycles. The van der Waals surface area contributed by atoms with Gasteiger partial charge >= 0.3 is 5.97 Å². The molecule has 0 saturated heterocycles. The largest absolute Gasteiger partial charge is 0.465 e. The monoisotopic (exact) mass is 280 g/mol. The molecule has 1 heterocycles. The first-order valence-electron chi connectivity index (χ1n) is 4.44. The Hall–Kier alpha value is -0.650. The van der Waals surface area contributed by atoms with Crippen LogP contribution in [0.25, 0.3) is 0 Å². The molecule has 88 valence electrons. The smallest absolute Gasteiger partial charge is 0.316 e. The summed E-state index contributed by atoms with van der Waals surface area (Å²) in [6, 6.07) is 1.50. The molecule has 16 heavy (non-hydrogen) atoms. The first kappa shape index (κ1) is 13.4. The van der Waals surface area contributed by atoms with E-state index in [9.17, 15) is 4.79 Å². The van der Waals surface area contributed by atoms with E-state index in [4.69, 9.17) is 33.7 Å². The average Bonchev–Trinajstić information content (AvgIpc) is 2.22. The minimum Gasteiger partial charge on any atom is -0.465 e. The quantitative estimate of drug-likeness (QED) is 0.679. The number of rotatable bonds is 4.